The zero-order chi connectivity index (χ0) is 22.6. The third kappa shape index (κ3) is 7.77. The molecule has 166 valence electrons. The minimum Gasteiger partial charge on any atom is -0.493 e. The summed E-state index contributed by atoms with van der Waals surface area (Å²) in [5.74, 6) is 0.529. The molecule has 0 aliphatic heterocycles. The first-order valence-corrected chi connectivity index (χ1v) is 10.1. The molecular weight excluding hydrogens is 398 g/mol. The lowest BCUT2D eigenvalue weighted by atomic mass is 10.1. The molecule has 0 saturated carbocycles. The van der Waals surface area contributed by atoms with Crippen molar-refractivity contribution in [1.82, 2.24) is 4.90 Å². The van der Waals surface area contributed by atoms with E-state index in [0.717, 1.165) is 5.56 Å². The van der Waals surface area contributed by atoms with Gasteiger partial charge in [-0.25, -0.2) is 0 Å². The molecule has 0 heterocycles. The average Bonchev–Trinajstić information content (AvgIpc) is 2.79. The Kier molecular flexibility index (Phi) is 9.55. The van der Waals surface area contributed by atoms with Crippen molar-refractivity contribution in [3.8, 4) is 11.5 Å². The normalized spacial score (nSPS) is 10.3. The summed E-state index contributed by atoms with van der Waals surface area (Å²) in [6.07, 6.45) is 0.924. The summed E-state index contributed by atoms with van der Waals surface area (Å²) in [6.45, 7) is 2.53. The molecule has 2 aromatic rings. The van der Waals surface area contributed by atoms with Gasteiger partial charge in [0.2, 0.25) is 5.91 Å². The van der Waals surface area contributed by atoms with Gasteiger partial charge in [-0.2, -0.15) is 0 Å². The van der Waals surface area contributed by atoms with Crippen LogP contribution in [0.25, 0.3) is 0 Å². The number of hydrogen-bond donors (Lipinski definition) is 0. The van der Waals surface area contributed by atoms with Crippen molar-refractivity contribution >= 4 is 17.7 Å². The van der Waals surface area contributed by atoms with E-state index < -0.39 is 0 Å². The fourth-order valence-corrected chi connectivity index (χ4v) is 2.99. The summed E-state index contributed by atoms with van der Waals surface area (Å²) >= 11 is 0. The second kappa shape index (κ2) is 12.4. The number of carbonyl (C=O) groups excluding carboxylic acids is 3. The van der Waals surface area contributed by atoms with E-state index in [0.29, 0.717) is 43.2 Å². The second-order valence-electron chi connectivity index (χ2n) is 7.00. The van der Waals surface area contributed by atoms with E-state index in [-0.39, 0.29) is 30.5 Å². The van der Waals surface area contributed by atoms with Crippen LogP contribution in [0, 0.1) is 0 Å². The van der Waals surface area contributed by atoms with Crippen molar-refractivity contribution in [3.63, 3.8) is 0 Å². The van der Waals surface area contributed by atoms with Crippen LogP contribution in [0.2, 0.25) is 0 Å². The SMILES string of the molecule is COC(=O)CCN(Cc1ccccc1)C(=O)CCCOc1ccc(C(C)=O)cc1OC. The maximum Gasteiger partial charge on any atom is 0.307 e. The van der Waals surface area contributed by atoms with Crippen LogP contribution >= 0.6 is 0 Å². The number of carbonyl (C=O) groups is 3. The van der Waals surface area contributed by atoms with E-state index in [1.54, 1.807) is 23.1 Å². The van der Waals surface area contributed by atoms with Crippen LogP contribution in [-0.4, -0.2) is 49.9 Å². The quantitative estimate of drug-likeness (QED) is 0.292. The molecule has 7 nitrogen and oxygen atoms in total. The van der Waals surface area contributed by atoms with Crippen LogP contribution in [0.15, 0.2) is 48.5 Å². The van der Waals surface area contributed by atoms with Crippen LogP contribution in [0.3, 0.4) is 0 Å². The minimum absolute atomic E-state index is 0.0547. The second-order valence-corrected chi connectivity index (χ2v) is 7.00. The molecule has 0 unspecified atom stereocenters. The first-order chi connectivity index (χ1) is 14.9. The van der Waals surface area contributed by atoms with Gasteiger partial charge in [-0.3, -0.25) is 14.4 Å². The maximum atomic E-state index is 12.8. The lowest BCUT2D eigenvalue weighted by Gasteiger charge is -2.22. The molecule has 0 radical (unpaired) electrons. The Morgan fingerprint density at radius 2 is 1.68 bits per heavy atom. The van der Waals surface area contributed by atoms with Gasteiger partial charge >= 0.3 is 5.97 Å². The van der Waals surface area contributed by atoms with E-state index in [4.69, 9.17) is 14.2 Å². The summed E-state index contributed by atoms with van der Waals surface area (Å²) in [5.41, 5.74) is 1.54. The molecule has 0 aliphatic rings. The Hall–Kier alpha value is -3.35. The van der Waals surface area contributed by atoms with E-state index in [2.05, 4.69) is 0 Å². The highest BCUT2D eigenvalue weighted by Crippen LogP contribution is 2.28. The number of Topliss-reactive ketones (excluding diaryl/α,β-unsaturated/α-hetero) is 1. The van der Waals surface area contributed by atoms with Crippen molar-refractivity contribution in [3.05, 3.63) is 59.7 Å². The number of hydrogen-bond acceptors (Lipinski definition) is 6. The molecule has 31 heavy (non-hydrogen) atoms. The first-order valence-electron chi connectivity index (χ1n) is 10.1. The van der Waals surface area contributed by atoms with Gasteiger partial charge in [0.15, 0.2) is 17.3 Å². The van der Waals surface area contributed by atoms with Gasteiger partial charge in [0.1, 0.15) is 0 Å². The summed E-state index contributed by atoms with van der Waals surface area (Å²) < 4.78 is 15.7. The van der Waals surface area contributed by atoms with Gasteiger partial charge in [0, 0.05) is 25.1 Å². The standard InChI is InChI=1S/C24H29NO6/c1-18(26)20-11-12-21(22(16-20)29-2)31-15-7-10-23(27)25(14-13-24(28)30-3)17-19-8-5-4-6-9-19/h4-6,8-9,11-12,16H,7,10,13-15,17H2,1-3H3. The molecule has 1 amide bonds. The van der Waals surface area contributed by atoms with Crippen LogP contribution in [0.1, 0.15) is 42.1 Å². The number of rotatable bonds is 12. The third-order valence-electron chi connectivity index (χ3n) is 4.75. The van der Waals surface area contributed by atoms with Gasteiger partial charge in [-0.1, -0.05) is 30.3 Å². The highest BCUT2D eigenvalue weighted by molar-refractivity contribution is 5.94. The fourth-order valence-electron chi connectivity index (χ4n) is 2.99. The Balaban J connectivity index is 1.91. The van der Waals surface area contributed by atoms with Crippen LogP contribution in [0.5, 0.6) is 11.5 Å². The molecule has 2 aromatic carbocycles. The number of benzene rings is 2. The molecular formula is C24H29NO6. The van der Waals surface area contributed by atoms with Gasteiger partial charge in [0.25, 0.3) is 0 Å². The zero-order valence-corrected chi connectivity index (χ0v) is 18.3. The third-order valence-corrected chi connectivity index (χ3v) is 4.75. The lowest BCUT2D eigenvalue weighted by molar-refractivity contribution is -0.142. The molecule has 7 heteroatoms. The number of ketones is 1. The number of nitrogens with zero attached hydrogens (tertiary/aromatic N) is 1. The van der Waals surface area contributed by atoms with Gasteiger partial charge in [-0.15, -0.1) is 0 Å². The highest BCUT2D eigenvalue weighted by Gasteiger charge is 2.16. The zero-order valence-electron chi connectivity index (χ0n) is 18.3. The summed E-state index contributed by atoms with van der Waals surface area (Å²) in [7, 11) is 2.85. The van der Waals surface area contributed by atoms with Crippen LogP contribution in [-0.2, 0) is 20.9 Å². The Morgan fingerprint density at radius 3 is 2.32 bits per heavy atom. The number of methoxy groups -OCH3 is 2. The van der Waals surface area contributed by atoms with E-state index >= 15 is 0 Å². The van der Waals surface area contributed by atoms with Crippen LogP contribution < -0.4 is 9.47 Å². The first kappa shape index (κ1) is 23.9. The lowest BCUT2D eigenvalue weighted by Crippen LogP contribution is -2.32. The number of esters is 1. The average molecular weight is 427 g/mol. The van der Waals surface area contributed by atoms with Gasteiger partial charge < -0.3 is 19.1 Å². The predicted molar refractivity (Wildman–Crippen MR) is 116 cm³/mol. The molecule has 0 saturated heterocycles. The van der Waals surface area contributed by atoms with Crippen molar-refractivity contribution in [1.29, 1.82) is 0 Å². The molecule has 2 rings (SSSR count). The van der Waals surface area contributed by atoms with Crippen molar-refractivity contribution in [2.75, 3.05) is 27.4 Å². The van der Waals surface area contributed by atoms with Crippen molar-refractivity contribution < 1.29 is 28.6 Å². The van der Waals surface area contributed by atoms with Crippen molar-refractivity contribution in [2.24, 2.45) is 0 Å². The van der Waals surface area contributed by atoms with Crippen LogP contribution in [0.4, 0.5) is 0 Å². The Morgan fingerprint density at radius 1 is 0.935 bits per heavy atom. The van der Waals surface area contributed by atoms with E-state index in [1.165, 1.54) is 21.1 Å². The molecule has 0 aromatic heterocycles. The van der Waals surface area contributed by atoms with Gasteiger partial charge in [-0.05, 0) is 37.1 Å². The highest BCUT2D eigenvalue weighted by atomic mass is 16.5. The number of amides is 1. The topological polar surface area (TPSA) is 82.1 Å². The predicted octanol–water partition coefficient (Wildman–Crippen LogP) is 3.65. The molecule has 0 bridgehead atoms. The smallest absolute Gasteiger partial charge is 0.307 e. The monoisotopic (exact) mass is 427 g/mol. The minimum atomic E-state index is -0.352. The summed E-state index contributed by atoms with van der Waals surface area (Å²) in [6, 6.07) is 14.6. The van der Waals surface area contributed by atoms with E-state index in [1.807, 2.05) is 30.3 Å². The molecule has 0 atom stereocenters. The molecule has 0 fully saturated rings. The molecule has 0 N–H and O–H groups in total. The molecule has 0 spiro atoms. The van der Waals surface area contributed by atoms with Crippen molar-refractivity contribution in [2.45, 2.75) is 32.7 Å². The Labute approximate surface area is 182 Å². The Bertz CT molecular complexity index is 881. The fraction of sp³-hybridized carbons (Fsp3) is 0.375. The van der Waals surface area contributed by atoms with E-state index in [9.17, 15) is 14.4 Å². The summed E-state index contributed by atoms with van der Waals surface area (Å²) in [5, 5.41) is 0. The largest absolute Gasteiger partial charge is 0.493 e. The molecule has 0 aliphatic carbocycles. The number of ether oxygens (including phenoxy) is 3. The maximum absolute atomic E-state index is 12.8. The summed E-state index contributed by atoms with van der Waals surface area (Å²) in [4.78, 5) is 37.4. The van der Waals surface area contributed by atoms with Gasteiger partial charge in [0.05, 0.1) is 27.2 Å².